The fourth-order valence-corrected chi connectivity index (χ4v) is 2.33. The number of aromatic nitrogens is 1. The van der Waals surface area contributed by atoms with E-state index < -0.39 is 0 Å². The number of carbonyl (C=O) groups excluding carboxylic acids is 1. The van der Waals surface area contributed by atoms with E-state index in [0.717, 1.165) is 13.1 Å². The quantitative estimate of drug-likeness (QED) is 0.880. The first-order valence-corrected chi connectivity index (χ1v) is 6.69. The van der Waals surface area contributed by atoms with Crippen molar-refractivity contribution in [2.75, 3.05) is 19.6 Å². The van der Waals surface area contributed by atoms with E-state index in [0.29, 0.717) is 18.2 Å². The first-order valence-electron chi connectivity index (χ1n) is 6.69. The Morgan fingerprint density at radius 2 is 2.22 bits per heavy atom. The van der Waals surface area contributed by atoms with Crippen molar-refractivity contribution in [1.29, 1.82) is 0 Å². The van der Waals surface area contributed by atoms with Crippen LogP contribution in [-0.2, 0) is 0 Å². The summed E-state index contributed by atoms with van der Waals surface area (Å²) in [6, 6.07) is 3.97. The summed E-state index contributed by atoms with van der Waals surface area (Å²) in [5.41, 5.74) is 0.628. The van der Waals surface area contributed by atoms with E-state index in [1.807, 2.05) is 0 Å². The van der Waals surface area contributed by atoms with Crippen LogP contribution in [-0.4, -0.2) is 41.5 Å². The van der Waals surface area contributed by atoms with Crippen LogP contribution in [0.1, 0.15) is 36.5 Å². The molecule has 1 N–H and O–H groups in total. The molecular formula is C14H21N3O. The molecule has 1 aliphatic rings. The van der Waals surface area contributed by atoms with Gasteiger partial charge in [-0.2, -0.15) is 0 Å². The van der Waals surface area contributed by atoms with Gasteiger partial charge in [-0.05, 0) is 45.0 Å². The Morgan fingerprint density at radius 3 is 2.89 bits per heavy atom. The number of likely N-dealkylation sites (tertiary alicyclic amines) is 1. The summed E-state index contributed by atoms with van der Waals surface area (Å²) in [4.78, 5) is 18.3. The molecule has 0 radical (unpaired) electrons. The molecule has 1 amide bonds. The number of pyridine rings is 1. The maximum Gasteiger partial charge on any atom is 0.252 e. The van der Waals surface area contributed by atoms with Crippen molar-refractivity contribution in [3.63, 3.8) is 0 Å². The zero-order valence-corrected chi connectivity index (χ0v) is 10.9. The maximum atomic E-state index is 11.9. The lowest BCUT2D eigenvalue weighted by atomic mass is 10.1. The van der Waals surface area contributed by atoms with Crippen molar-refractivity contribution in [1.82, 2.24) is 15.2 Å². The first-order chi connectivity index (χ1) is 8.77. The van der Waals surface area contributed by atoms with Gasteiger partial charge in [-0.3, -0.25) is 14.7 Å². The van der Waals surface area contributed by atoms with Gasteiger partial charge in [-0.25, -0.2) is 0 Å². The average Bonchev–Trinajstić information content (AvgIpc) is 2.46. The number of nitrogens with one attached hydrogen (secondary N) is 1. The summed E-state index contributed by atoms with van der Waals surface area (Å²) in [6.07, 6.45) is 7.17. The van der Waals surface area contributed by atoms with Crippen LogP contribution >= 0.6 is 0 Å². The number of nitrogens with zero attached hydrogens (tertiary/aromatic N) is 2. The van der Waals surface area contributed by atoms with E-state index >= 15 is 0 Å². The molecular weight excluding hydrogens is 226 g/mol. The topological polar surface area (TPSA) is 45.2 Å². The van der Waals surface area contributed by atoms with Crippen molar-refractivity contribution in [2.24, 2.45) is 0 Å². The fraction of sp³-hybridized carbons (Fsp3) is 0.571. The number of amides is 1. The van der Waals surface area contributed by atoms with E-state index in [1.54, 1.807) is 24.5 Å². The highest BCUT2D eigenvalue weighted by Crippen LogP contribution is 2.11. The van der Waals surface area contributed by atoms with Crippen LogP contribution in [0.15, 0.2) is 24.5 Å². The van der Waals surface area contributed by atoms with Crippen molar-refractivity contribution in [3.8, 4) is 0 Å². The molecule has 2 rings (SSSR count). The summed E-state index contributed by atoms with van der Waals surface area (Å²) in [6.45, 7) is 5.19. The Labute approximate surface area is 108 Å². The third-order valence-corrected chi connectivity index (χ3v) is 3.50. The van der Waals surface area contributed by atoms with Crippen molar-refractivity contribution < 1.29 is 4.79 Å². The van der Waals surface area contributed by atoms with Gasteiger partial charge in [0.15, 0.2) is 0 Å². The highest BCUT2D eigenvalue weighted by Gasteiger charge is 2.17. The van der Waals surface area contributed by atoms with Crippen LogP contribution in [0.25, 0.3) is 0 Å². The monoisotopic (exact) mass is 247 g/mol. The molecule has 0 aromatic carbocycles. The van der Waals surface area contributed by atoms with Gasteiger partial charge in [0.2, 0.25) is 0 Å². The summed E-state index contributed by atoms with van der Waals surface area (Å²) in [5.74, 6) is -0.0352. The zero-order chi connectivity index (χ0) is 12.8. The predicted molar refractivity (Wildman–Crippen MR) is 71.5 cm³/mol. The van der Waals surface area contributed by atoms with E-state index in [-0.39, 0.29) is 5.91 Å². The smallest absolute Gasteiger partial charge is 0.252 e. The Hall–Kier alpha value is -1.42. The lowest BCUT2D eigenvalue weighted by molar-refractivity contribution is 0.0929. The maximum absolute atomic E-state index is 11.9. The molecule has 4 nitrogen and oxygen atoms in total. The molecule has 1 aliphatic heterocycles. The number of hydrogen-bond acceptors (Lipinski definition) is 3. The van der Waals surface area contributed by atoms with Crippen LogP contribution in [0.5, 0.6) is 0 Å². The molecule has 0 spiro atoms. The van der Waals surface area contributed by atoms with Gasteiger partial charge < -0.3 is 5.32 Å². The molecule has 4 heteroatoms. The molecule has 1 aromatic heterocycles. The Balaban J connectivity index is 1.78. The second-order valence-corrected chi connectivity index (χ2v) is 4.90. The average molecular weight is 247 g/mol. The summed E-state index contributed by atoms with van der Waals surface area (Å²) < 4.78 is 0. The molecule has 18 heavy (non-hydrogen) atoms. The molecule has 1 saturated heterocycles. The Bertz CT molecular complexity index is 374. The summed E-state index contributed by atoms with van der Waals surface area (Å²) >= 11 is 0. The van der Waals surface area contributed by atoms with Crippen LogP contribution in [0.2, 0.25) is 0 Å². The minimum absolute atomic E-state index is 0.0352. The minimum atomic E-state index is -0.0352. The van der Waals surface area contributed by atoms with Crippen LogP contribution in [0, 0.1) is 0 Å². The minimum Gasteiger partial charge on any atom is -0.350 e. The third kappa shape index (κ3) is 3.53. The molecule has 1 aromatic rings. The van der Waals surface area contributed by atoms with Crippen LogP contribution < -0.4 is 5.32 Å². The highest BCUT2D eigenvalue weighted by atomic mass is 16.1. The van der Waals surface area contributed by atoms with Crippen LogP contribution in [0.3, 0.4) is 0 Å². The normalized spacial score (nSPS) is 18.3. The van der Waals surface area contributed by atoms with Gasteiger partial charge in [-0.1, -0.05) is 6.42 Å². The van der Waals surface area contributed by atoms with Gasteiger partial charge in [0, 0.05) is 25.0 Å². The number of piperidine rings is 1. The van der Waals surface area contributed by atoms with Crippen LogP contribution in [0.4, 0.5) is 0 Å². The largest absolute Gasteiger partial charge is 0.350 e. The van der Waals surface area contributed by atoms with Gasteiger partial charge in [-0.15, -0.1) is 0 Å². The van der Waals surface area contributed by atoms with Crippen molar-refractivity contribution in [2.45, 2.75) is 32.2 Å². The molecule has 1 atom stereocenters. The fourth-order valence-electron chi connectivity index (χ4n) is 2.33. The second kappa shape index (κ2) is 6.50. The van der Waals surface area contributed by atoms with E-state index in [2.05, 4.69) is 22.1 Å². The van der Waals surface area contributed by atoms with Gasteiger partial charge in [0.25, 0.3) is 5.91 Å². The summed E-state index contributed by atoms with van der Waals surface area (Å²) in [7, 11) is 0. The number of hydrogen-bond donors (Lipinski definition) is 1. The molecule has 0 bridgehead atoms. The molecule has 98 valence electrons. The SMILES string of the molecule is CC(CNC(=O)c1cccnc1)N1CCCCC1. The molecule has 2 heterocycles. The van der Waals surface area contributed by atoms with Crippen molar-refractivity contribution >= 4 is 5.91 Å². The standard InChI is InChI=1S/C14H21N3O/c1-12(17-8-3-2-4-9-17)10-16-14(18)13-6-5-7-15-11-13/h5-7,11-12H,2-4,8-10H2,1H3,(H,16,18). The van der Waals surface area contributed by atoms with Gasteiger partial charge in [0.1, 0.15) is 0 Å². The molecule has 0 saturated carbocycles. The second-order valence-electron chi connectivity index (χ2n) is 4.90. The number of rotatable bonds is 4. The van der Waals surface area contributed by atoms with Gasteiger partial charge in [0.05, 0.1) is 5.56 Å². The van der Waals surface area contributed by atoms with E-state index in [4.69, 9.17) is 0 Å². The highest BCUT2D eigenvalue weighted by molar-refractivity contribution is 5.93. The van der Waals surface area contributed by atoms with Crippen molar-refractivity contribution in [3.05, 3.63) is 30.1 Å². The Morgan fingerprint density at radius 1 is 1.44 bits per heavy atom. The lowest BCUT2D eigenvalue weighted by Crippen LogP contribution is -2.44. The summed E-state index contributed by atoms with van der Waals surface area (Å²) in [5, 5.41) is 2.98. The number of carbonyl (C=O) groups is 1. The van der Waals surface area contributed by atoms with E-state index in [1.165, 1.54) is 19.3 Å². The Kier molecular flexibility index (Phi) is 4.70. The van der Waals surface area contributed by atoms with E-state index in [9.17, 15) is 4.79 Å². The molecule has 1 unspecified atom stereocenters. The lowest BCUT2D eigenvalue weighted by Gasteiger charge is -2.32. The predicted octanol–water partition coefficient (Wildman–Crippen LogP) is 1.69. The zero-order valence-electron chi connectivity index (χ0n) is 10.9. The third-order valence-electron chi connectivity index (χ3n) is 3.50. The van der Waals surface area contributed by atoms with Gasteiger partial charge >= 0.3 is 0 Å². The molecule has 0 aliphatic carbocycles. The molecule has 1 fully saturated rings. The first kappa shape index (κ1) is 13.0.